The van der Waals surface area contributed by atoms with Crippen LogP contribution in [0.25, 0.3) is 0 Å². The van der Waals surface area contributed by atoms with Crippen LogP contribution in [0.2, 0.25) is 0 Å². The maximum atomic E-state index is 12.4. The zero-order valence-corrected chi connectivity index (χ0v) is 15.3. The Kier molecular flexibility index (Phi) is 5.34. The molecular weight excluding hydrogens is 350 g/mol. The van der Waals surface area contributed by atoms with Crippen LogP contribution in [-0.4, -0.2) is 27.8 Å². The van der Waals surface area contributed by atoms with E-state index >= 15 is 0 Å². The second kappa shape index (κ2) is 7.69. The van der Waals surface area contributed by atoms with Crippen molar-refractivity contribution >= 4 is 17.4 Å². The summed E-state index contributed by atoms with van der Waals surface area (Å²) in [6.07, 6.45) is 5.20. The first kappa shape index (κ1) is 18.8. The van der Waals surface area contributed by atoms with Crippen molar-refractivity contribution in [3.63, 3.8) is 0 Å². The number of Topliss-reactive ketones (excluding diaryl/α,β-unsaturated/α-hetero) is 1. The monoisotopic (exact) mass is 372 g/mol. The number of ether oxygens (including phenoxy) is 1. The van der Waals surface area contributed by atoms with E-state index in [0.29, 0.717) is 18.6 Å². The number of cyclic esters (lactones) is 1. The molecule has 0 amide bonds. The van der Waals surface area contributed by atoms with Gasteiger partial charge in [0.2, 0.25) is 12.1 Å². The number of rotatable bonds is 7. The van der Waals surface area contributed by atoms with Crippen molar-refractivity contribution in [3.05, 3.63) is 58.2 Å². The fraction of sp³-hybridized carbons (Fsp3) is 0.421. The Morgan fingerprint density at radius 1 is 1.37 bits per heavy atom. The number of carbonyl (C=O) groups excluding carboxylic acids is 2. The minimum Gasteiger partial charge on any atom is -0.465 e. The van der Waals surface area contributed by atoms with Crippen LogP contribution >= 0.6 is 0 Å². The van der Waals surface area contributed by atoms with Crippen molar-refractivity contribution < 1.29 is 23.8 Å². The Morgan fingerprint density at radius 2 is 2.07 bits per heavy atom. The quantitative estimate of drug-likeness (QED) is 0.243. The van der Waals surface area contributed by atoms with Gasteiger partial charge >= 0.3 is 5.97 Å². The number of ketones is 1. The lowest BCUT2D eigenvalue weighted by Gasteiger charge is -2.10. The highest BCUT2D eigenvalue weighted by Crippen LogP contribution is 2.28. The molecule has 1 aliphatic rings. The van der Waals surface area contributed by atoms with Crippen LogP contribution in [0.5, 0.6) is 0 Å². The summed E-state index contributed by atoms with van der Waals surface area (Å²) in [4.78, 5) is 34.4. The van der Waals surface area contributed by atoms with E-state index in [0.717, 1.165) is 12.1 Å². The third-order valence-electron chi connectivity index (χ3n) is 5.04. The summed E-state index contributed by atoms with van der Waals surface area (Å²) >= 11 is 0. The van der Waals surface area contributed by atoms with Crippen molar-refractivity contribution in [2.45, 2.75) is 26.3 Å². The molecule has 2 atom stereocenters. The van der Waals surface area contributed by atoms with E-state index < -0.39 is 4.92 Å². The molecule has 1 aromatic carbocycles. The molecule has 1 saturated heterocycles. The van der Waals surface area contributed by atoms with E-state index in [9.17, 15) is 19.7 Å². The number of benzene rings is 1. The van der Waals surface area contributed by atoms with Gasteiger partial charge in [0.1, 0.15) is 11.9 Å². The standard InChI is InChI=1S/C19H22N3O5/c1-3-17-14(11-27-19(17)24)8-16-9-21(12-20(16)2)10-18(23)13-4-6-15(7-5-13)22(25)26/h4-7,9,12,14,17H,3,8,10-11H2,1-2H3/q+1. The van der Waals surface area contributed by atoms with E-state index in [-0.39, 0.29) is 35.8 Å². The van der Waals surface area contributed by atoms with Gasteiger partial charge in [0.05, 0.1) is 24.5 Å². The fourth-order valence-electron chi connectivity index (χ4n) is 3.50. The van der Waals surface area contributed by atoms with E-state index in [1.165, 1.54) is 24.3 Å². The number of aryl methyl sites for hydroxylation is 1. The van der Waals surface area contributed by atoms with Gasteiger partial charge in [0.25, 0.3) is 5.69 Å². The normalized spacial score (nSPS) is 19.1. The highest BCUT2D eigenvalue weighted by molar-refractivity contribution is 5.95. The summed E-state index contributed by atoms with van der Waals surface area (Å²) in [5.41, 5.74) is 1.41. The number of imidazole rings is 1. The molecule has 0 aliphatic carbocycles. The smallest absolute Gasteiger partial charge is 0.309 e. The van der Waals surface area contributed by atoms with E-state index in [4.69, 9.17) is 4.74 Å². The Balaban J connectivity index is 1.68. The van der Waals surface area contributed by atoms with E-state index in [1.807, 2.05) is 31.1 Å². The summed E-state index contributed by atoms with van der Waals surface area (Å²) < 4.78 is 8.91. The molecule has 2 heterocycles. The van der Waals surface area contributed by atoms with Crippen LogP contribution < -0.4 is 4.57 Å². The zero-order valence-electron chi connectivity index (χ0n) is 15.3. The summed E-state index contributed by atoms with van der Waals surface area (Å²) in [7, 11) is 1.90. The number of hydrogen-bond acceptors (Lipinski definition) is 5. The summed E-state index contributed by atoms with van der Waals surface area (Å²) in [6, 6.07) is 5.60. The molecule has 0 radical (unpaired) electrons. The van der Waals surface area contributed by atoms with Crippen molar-refractivity contribution in [3.8, 4) is 0 Å². The van der Waals surface area contributed by atoms with Crippen LogP contribution in [0.1, 0.15) is 29.4 Å². The summed E-state index contributed by atoms with van der Waals surface area (Å²) in [5, 5.41) is 10.7. The molecule has 0 spiro atoms. The number of hydrogen-bond donors (Lipinski definition) is 0. The molecule has 8 heteroatoms. The lowest BCUT2D eigenvalue weighted by molar-refractivity contribution is -0.682. The van der Waals surface area contributed by atoms with Gasteiger partial charge in [0, 0.05) is 30.0 Å². The van der Waals surface area contributed by atoms with Gasteiger partial charge < -0.3 is 4.74 Å². The molecule has 0 N–H and O–H groups in total. The average Bonchev–Trinajstić information content (AvgIpc) is 3.17. The number of nitrogens with zero attached hydrogens (tertiary/aromatic N) is 3. The molecule has 0 saturated carbocycles. The summed E-state index contributed by atoms with van der Waals surface area (Å²) in [6.45, 7) is 2.56. The lowest BCUT2D eigenvalue weighted by Crippen LogP contribution is -2.35. The van der Waals surface area contributed by atoms with Crippen molar-refractivity contribution in [2.24, 2.45) is 18.9 Å². The first-order valence-corrected chi connectivity index (χ1v) is 8.87. The molecule has 1 aromatic heterocycles. The molecule has 8 nitrogen and oxygen atoms in total. The SMILES string of the molecule is CCC1C(=O)OCC1Cc1c[n+](CC(=O)c2ccc([N+](=O)[O-])cc2)cn1C. The number of non-ortho nitro benzene ring substituents is 1. The minimum absolute atomic E-state index is 0.0417. The molecule has 2 unspecified atom stereocenters. The van der Waals surface area contributed by atoms with Crippen LogP contribution in [0.3, 0.4) is 0 Å². The topological polar surface area (TPSA) is 95.3 Å². The maximum absolute atomic E-state index is 12.4. The van der Waals surface area contributed by atoms with Gasteiger partial charge in [-0.3, -0.25) is 19.7 Å². The predicted octanol–water partition coefficient (Wildman–Crippen LogP) is 1.85. The summed E-state index contributed by atoms with van der Waals surface area (Å²) in [5.74, 6) is -0.180. The van der Waals surface area contributed by atoms with Crippen molar-refractivity contribution in [2.75, 3.05) is 6.61 Å². The van der Waals surface area contributed by atoms with Crippen molar-refractivity contribution in [1.29, 1.82) is 0 Å². The number of esters is 1. The van der Waals surface area contributed by atoms with Gasteiger partial charge in [-0.1, -0.05) is 6.92 Å². The Labute approximate surface area is 156 Å². The molecule has 0 bridgehead atoms. The Morgan fingerprint density at radius 3 is 2.70 bits per heavy atom. The maximum Gasteiger partial charge on any atom is 0.309 e. The molecule has 1 aliphatic heterocycles. The largest absolute Gasteiger partial charge is 0.465 e. The number of nitro benzene ring substituents is 1. The number of nitro groups is 1. The molecule has 27 heavy (non-hydrogen) atoms. The third-order valence-corrected chi connectivity index (χ3v) is 5.04. The minimum atomic E-state index is -0.493. The lowest BCUT2D eigenvalue weighted by atomic mass is 9.89. The number of aromatic nitrogens is 2. The predicted molar refractivity (Wildman–Crippen MR) is 95.0 cm³/mol. The molecule has 142 valence electrons. The van der Waals surface area contributed by atoms with Gasteiger partial charge in [-0.25, -0.2) is 9.13 Å². The van der Waals surface area contributed by atoms with Gasteiger partial charge in [-0.15, -0.1) is 0 Å². The highest BCUT2D eigenvalue weighted by atomic mass is 16.6. The second-order valence-corrected chi connectivity index (χ2v) is 6.86. The molecule has 1 fully saturated rings. The first-order valence-electron chi connectivity index (χ1n) is 8.87. The second-order valence-electron chi connectivity index (χ2n) is 6.86. The number of carbonyl (C=O) groups is 2. The highest BCUT2D eigenvalue weighted by Gasteiger charge is 2.36. The van der Waals surface area contributed by atoms with Gasteiger partial charge in [0.15, 0.2) is 6.54 Å². The first-order chi connectivity index (χ1) is 12.9. The zero-order chi connectivity index (χ0) is 19.6. The third kappa shape index (κ3) is 4.05. The molecule has 3 rings (SSSR count). The van der Waals surface area contributed by atoms with Crippen molar-refractivity contribution in [1.82, 2.24) is 4.57 Å². The average molecular weight is 372 g/mol. The fourth-order valence-corrected chi connectivity index (χ4v) is 3.50. The van der Waals surface area contributed by atoms with Gasteiger partial charge in [-0.2, -0.15) is 0 Å². The van der Waals surface area contributed by atoms with Crippen LogP contribution in [0, 0.1) is 22.0 Å². The van der Waals surface area contributed by atoms with Crippen LogP contribution in [0.15, 0.2) is 36.8 Å². The molecular formula is C19H22N3O5+. The van der Waals surface area contributed by atoms with Gasteiger partial charge in [-0.05, 0) is 18.6 Å². The Bertz CT molecular complexity index is 872. The van der Waals surface area contributed by atoms with E-state index in [2.05, 4.69) is 0 Å². The molecule has 2 aromatic rings. The van der Waals surface area contributed by atoms with E-state index in [1.54, 1.807) is 4.57 Å². The van der Waals surface area contributed by atoms with Crippen LogP contribution in [0.4, 0.5) is 5.69 Å². The van der Waals surface area contributed by atoms with Crippen LogP contribution in [-0.2, 0) is 29.5 Å². The Hall–Kier alpha value is -3.03.